The monoisotopic (exact) mass is 1070 g/mol. The van der Waals surface area contributed by atoms with Crippen molar-refractivity contribution in [2.45, 2.75) is 129 Å². The standard InChI is InChI=1S/C62H71N9O6S/c1-38-36-69(33-34-71(38)42-22-25-47-51(35-42)68(6)67-56(47)48-27-29-55(72)65-59(48)74)31-10-9-13-40-20-23-43(24-21-40)76-52-18-12-15-44(39(52)2)45-26-28-54(64-57(45)60(75)77-62(3,4)5)70-32-30-41-14-11-16-46(49(41)37-70)58(73)66-61-63-50-17-7-8-19-53(50)78-61/h7-8,11-12,14-19,22,25-26,28,35,38,40,43,48H,9-10,13,20-21,23-24,27,29-34,36-37H2,1-6H3,(H,63,66,73)(H,65,72,74)/t38-,40?,43?,48-/m0/s1. The molecule has 3 fully saturated rings. The van der Waals surface area contributed by atoms with Crippen molar-refractivity contribution < 1.29 is 28.7 Å². The fraction of sp³-hybridized carbons (Fsp3) is 0.435. The van der Waals surface area contributed by atoms with Crippen LogP contribution >= 0.6 is 11.3 Å². The van der Waals surface area contributed by atoms with Crippen molar-refractivity contribution in [2.75, 3.05) is 47.8 Å². The van der Waals surface area contributed by atoms with E-state index in [-0.39, 0.29) is 29.5 Å². The van der Waals surface area contributed by atoms with Crippen LogP contribution in [0.25, 0.3) is 32.2 Å². The fourth-order valence-corrected chi connectivity index (χ4v) is 13.1. The minimum atomic E-state index is -0.731. The maximum absolute atomic E-state index is 14.1. The van der Waals surface area contributed by atoms with Gasteiger partial charge in [-0.25, -0.2) is 14.8 Å². The molecular weight excluding hydrogens is 999 g/mol. The molecule has 2 atom stereocenters. The van der Waals surface area contributed by atoms with Gasteiger partial charge in [-0.05, 0) is 169 Å². The molecule has 15 nitrogen and oxygen atoms in total. The van der Waals surface area contributed by atoms with E-state index in [4.69, 9.17) is 19.6 Å². The van der Waals surface area contributed by atoms with Crippen LogP contribution in [0.15, 0.2) is 91.0 Å². The Hall–Kier alpha value is -7.17. The number of nitrogens with one attached hydrogen (secondary N) is 2. The maximum atomic E-state index is 14.1. The number of hydrogen-bond donors (Lipinski definition) is 2. The number of pyridine rings is 1. The topological polar surface area (TPSA) is 164 Å². The van der Waals surface area contributed by atoms with E-state index in [1.807, 2.05) is 99.2 Å². The van der Waals surface area contributed by atoms with Gasteiger partial charge in [0.25, 0.3) is 5.91 Å². The number of piperazine rings is 1. The highest BCUT2D eigenvalue weighted by Gasteiger charge is 2.33. The lowest BCUT2D eigenvalue weighted by Crippen LogP contribution is -2.52. The van der Waals surface area contributed by atoms with Gasteiger partial charge < -0.3 is 19.3 Å². The predicted octanol–water partition coefficient (Wildman–Crippen LogP) is 11.2. The number of fused-ring (bicyclic) bond motifs is 3. The van der Waals surface area contributed by atoms with Gasteiger partial charge in [0.15, 0.2) is 10.8 Å². The Morgan fingerprint density at radius 1 is 0.859 bits per heavy atom. The number of unbranched alkanes of at least 4 members (excludes halogenated alkanes) is 1. The summed E-state index contributed by atoms with van der Waals surface area (Å²) in [5.74, 6) is 0.593. The van der Waals surface area contributed by atoms with Gasteiger partial charge in [0.1, 0.15) is 17.2 Å². The lowest BCUT2D eigenvalue weighted by molar-refractivity contribution is -0.134. The van der Waals surface area contributed by atoms with E-state index >= 15 is 0 Å². The molecule has 3 aromatic heterocycles. The molecule has 7 aromatic rings. The first kappa shape index (κ1) is 52.9. The minimum absolute atomic E-state index is 0.125. The van der Waals surface area contributed by atoms with Crippen LogP contribution in [0.2, 0.25) is 0 Å². The molecule has 4 aliphatic rings. The Kier molecular flexibility index (Phi) is 15.1. The van der Waals surface area contributed by atoms with Gasteiger partial charge in [0.2, 0.25) is 11.8 Å². The number of thiazole rings is 1. The van der Waals surface area contributed by atoms with Crippen molar-refractivity contribution in [3.63, 3.8) is 0 Å². The summed E-state index contributed by atoms with van der Waals surface area (Å²) in [6.45, 7) is 15.2. The Bertz CT molecular complexity index is 3380. The van der Waals surface area contributed by atoms with E-state index in [1.165, 1.54) is 36.3 Å². The van der Waals surface area contributed by atoms with Gasteiger partial charge in [-0.15, -0.1) is 0 Å². The normalized spacial score (nSPS) is 20.2. The molecule has 3 amide bonds. The number of piperidine rings is 1. The molecule has 406 valence electrons. The molecule has 4 aromatic carbocycles. The molecule has 1 saturated carbocycles. The Morgan fingerprint density at radius 3 is 2.47 bits per heavy atom. The highest BCUT2D eigenvalue weighted by molar-refractivity contribution is 7.22. The van der Waals surface area contributed by atoms with Gasteiger partial charge in [0.05, 0.1) is 33.4 Å². The van der Waals surface area contributed by atoms with Crippen molar-refractivity contribution in [1.82, 2.24) is 30.0 Å². The Morgan fingerprint density at radius 2 is 1.68 bits per heavy atom. The predicted molar refractivity (Wildman–Crippen MR) is 308 cm³/mol. The van der Waals surface area contributed by atoms with E-state index in [2.05, 4.69) is 68.4 Å². The third kappa shape index (κ3) is 11.4. The molecule has 1 aliphatic carbocycles. The summed E-state index contributed by atoms with van der Waals surface area (Å²) in [5.41, 5.74) is 8.46. The lowest BCUT2D eigenvalue weighted by Gasteiger charge is -2.41. The minimum Gasteiger partial charge on any atom is -0.490 e. The number of anilines is 3. The Balaban J connectivity index is 0.681. The summed E-state index contributed by atoms with van der Waals surface area (Å²) >= 11 is 1.45. The number of amides is 3. The number of nitrogens with zero attached hydrogens (tertiary/aromatic N) is 7. The second kappa shape index (κ2) is 22.3. The number of rotatable bonds is 14. The highest BCUT2D eigenvalue weighted by Crippen LogP contribution is 2.39. The van der Waals surface area contributed by atoms with E-state index in [0.29, 0.717) is 60.0 Å². The molecule has 0 unspecified atom stereocenters. The summed E-state index contributed by atoms with van der Waals surface area (Å²) in [4.78, 5) is 69.4. The van der Waals surface area contributed by atoms with Crippen LogP contribution in [0.3, 0.4) is 0 Å². The summed E-state index contributed by atoms with van der Waals surface area (Å²) in [5, 5.41) is 11.8. The number of carbonyl (C=O) groups excluding carboxylic acids is 4. The quantitative estimate of drug-likeness (QED) is 0.0603. The molecule has 78 heavy (non-hydrogen) atoms. The molecule has 6 heterocycles. The average Bonchev–Trinajstić information content (AvgIpc) is 4.15. The smallest absolute Gasteiger partial charge is 0.358 e. The molecular formula is C62H71N9O6S. The average molecular weight is 1070 g/mol. The fourth-order valence-electron chi connectivity index (χ4n) is 12.2. The van der Waals surface area contributed by atoms with Crippen molar-refractivity contribution in [1.29, 1.82) is 0 Å². The number of carbonyl (C=O) groups is 4. The highest BCUT2D eigenvalue weighted by atomic mass is 32.1. The van der Waals surface area contributed by atoms with Gasteiger partial charge in [-0.2, -0.15) is 5.10 Å². The molecule has 0 radical (unpaired) electrons. The number of para-hydroxylation sites is 1. The first-order valence-electron chi connectivity index (χ1n) is 28.0. The summed E-state index contributed by atoms with van der Waals surface area (Å²) in [6, 6.07) is 30.6. The lowest BCUT2D eigenvalue weighted by atomic mass is 9.84. The van der Waals surface area contributed by atoms with E-state index in [9.17, 15) is 19.2 Å². The van der Waals surface area contributed by atoms with Gasteiger partial charge in [0, 0.05) is 74.4 Å². The van der Waals surface area contributed by atoms with Gasteiger partial charge >= 0.3 is 5.97 Å². The second-order valence-electron chi connectivity index (χ2n) is 22.9. The molecule has 2 N–H and O–H groups in total. The summed E-state index contributed by atoms with van der Waals surface area (Å²) < 4.78 is 15.7. The van der Waals surface area contributed by atoms with E-state index in [1.54, 1.807) is 0 Å². The molecule has 11 rings (SSSR count). The van der Waals surface area contributed by atoms with E-state index < -0.39 is 17.5 Å². The molecule has 16 heteroatoms. The summed E-state index contributed by atoms with van der Waals surface area (Å²) in [6.07, 6.45) is 9.65. The van der Waals surface area contributed by atoms with Crippen molar-refractivity contribution in [3.05, 3.63) is 125 Å². The molecule has 0 spiro atoms. The van der Waals surface area contributed by atoms with Gasteiger partial charge in [-0.1, -0.05) is 60.6 Å². The van der Waals surface area contributed by atoms with Crippen LogP contribution in [-0.2, 0) is 34.3 Å². The molecule has 2 saturated heterocycles. The number of benzene rings is 4. The molecule has 3 aliphatic heterocycles. The van der Waals surface area contributed by atoms with Crippen LogP contribution in [0.4, 0.5) is 16.6 Å². The number of hydrogen-bond acceptors (Lipinski definition) is 13. The van der Waals surface area contributed by atoms with Crippen LogP contribution in [0, 0.1) is 12.8 Å². The Labute approximate surface area is 460 Å². The number of ether oxygens (including phenoxy) is 2. The van der Waals surface area contributed by atoms with Crippen LogP contribution < -0.4 is 25.2 Å². The van der Waals surface area contributed by atoms with Gasteiger partial charge in [-0.3, -0.25) is 34.6 Å². The first-order valence-corrected chi connectivity index (χ1v) is 28.8. The zero-order valence-electron chi connectivity index (χ0n) is 45.8. The van der Waals surface area contributed by atoms with Crippen molar-refractivity contribution in [2.24, 2.45) is 13.0 Å². The largest absolute Gasteiger partial charge is 0.490 e. The maximum Gasteiger partial charge on any atom is 0.358 e. The summed E-state index contributed by atoms with van der Waals surface area (Å²) in [7, 11) is 1.93. The van der Waals surface area contributed by atoms with E-state index in [0.717, 1.165) is 113 Å². The zero-order valence-corrected chi connectivity index (χ0v) is 46.6. The van der Waals surface area contributed by atoms with Crippen LogP contribution in [-0.4, -0.2) is 98.8 Å². The number of imide groups is 1. The van der Waals surface area contributed by atoms with Crippen LogP contribution in [0.1, 0.15) is 135 Å². The van der Waals surface area contributed by atoms with Crippen molar-refractivity contribution in [3.8, 4) is 16.9 Å². The SMILES string of the molecule is Cc1c(OC2CCC(CCCCN3CCN(c4ccc5c([C@@H]6CCC(=O)NC6=O)nn(C)c5c4)[C@@H](C)C3)CC2)cccc1-c1ccc(N2CCc3cccc(C(=O)Nc4nc5ccccc5s4)c3C2)nc1C(=O)OC(C)(C)C. The number of aromatic nitrogens is 4. The molecule has 0 bridgehead atoms. The third-order valence-electron chi connectivity index (χ3n) is 16.3. The number of esters is 1. The zero-order chi connectivity index (χ0) is 54.2. The first-order chi connectivity index (χ1) is 37.6. The number of aryl methyl sites for hydroxylation is 1. The second-order valence-corrected chi connectivity index (χ2v) is 23.9. The van der Waals surface area contributed by atoms with Crippen LogP contribution in [0.5, 0.6) is 5.75 Å². The van der Waals surface area contributed by atoms with Crippen molar-refractivity contribution >= 4 is 72.8 Å². The third-order valence-corrected chi connectivity index (χ3v) is 17.3.